The number of aliphatic carboxylic acids is 1. The quantitative estimate of drug-likeness (QED) is 0.364. The van der Waals surface area contributed by atoms with Crippen molar-refractivity contribution in [3.8, 4) is 11.1 Å². The molecule has 2 aliphatic rings. The van der Waals surface area contributed by atoms with Crippen molar-refractivity contribution in [1.29, 1.82) is 0 Å². The van der Waals surface area contributed by atoms with E-state index in [-0.39, 0.29) is 0 Å². The Morgan fingerprint density at radius 1 is 0.975 bits per heavy atom. The summed E-state index contributed by atoms with van der Waals surface area (Å²) in [6, 6.07) is 17.2. The number of rotatable bonds is 7. The van der Waals surface area contributed by atoms with Crippen LogP contribution in [-0.2, 0) is 33.9 Å². The Bertz CT molecular complexity index is 1380. The molecule has 2 aliphatic heterocycles. The molecular formula is C34H42N2O4. The molecule has 0 saturated carbocycles. The third kappa shape index (κ3) is 5.95. The van der Waals surface area contributed by atoms with Gasteiger partial charge in [0, 0.05) is 44.0 Å². The van der Waals surface area contributed by atoms with Gasteiger partial charge >= 0.3 is 5.97 Å². The molecule has 3 aromatic carbocycles. The number of hydrogen-bond donors (Lipinski definition) is 1. The highest BCUT2D eigenvalue weighted by molar-refractivity contribution is 5.84. The van der Waals surface area contributed by atoms with E-state index in [0.29, 0.717) is 0 Å². The molecule has 40 heavy (non-hydrogen) atoms. The van der Waals surface area contributed by atoms with E-state index in [4.69, 9.17) is 9.47 Å². The first-order valence-corrected chi connectivity index (χ1v) is 14.3. The van der Waals surface area contributed by atoms with Crippen LogP contribution in [0.25, 0.3) is 11.1 Å². The second kappa shape index (κ2) is 11.4. The molecule has 0 unspecified atom stereocenters. The normalized spacial score (nSPS) is 16.7. The molecule has 5 rings (SSSR count). The number of ether oxygens (including phenoxy) is 2. The van der Waals surface area contributed by atoms with Crippen LogP contribution in [0.4, 0.5) is 5.69 Å². The molecular weight excluding hydrogens is 500 g/mol. The number of morpholine rings is 1. The van der Waals surface area contributed by atoms with Crippen molar-refractivity contribution in [1.82, 2.24) is 4.90 Å². The summed E-state index contributed by atoms with van der Waals surface area (Å²) in [6.07, 6.45) is -1.06. The minimum atomic E-state index is -1.06. The summed E-state index contributed by atoms with van der Waals surface area (Å²) in [7, 11) is 0. The summed E-state index contributed by atoms with van der Waals surface area (Å²) in [5.74, 6) is -0.958. The summed E-state index contributed by atoms with van der Waals surface area (Å²) in [4.78, 5) is 17.6. The molecule has 0 aliphatic carbocycles. The highest BCUT2D eigenvalue weighted by Crippen LogP contribution is 2.44. The molecule has 0 aromatic heterocycles. The largest absolute Gasteiger partial charge is 0.479 e. The number of carboxylic acid groups (broad SMARTS) is 1. The summed E-state index contributed by atoms with van der Waals surface area (Å²) in [5.41, 5.74) is 10.6. The molecule has 1 saturated heterocycles. The van der Waals surface area contributed by atoms with E-state index >= 15 is 0 Å². The molecule has 0 spiro atoms. The van der Waals surface area contributed by atoms with E-state index in [9.17, 15) is 9.90 Å². The first kappa shape index (κ1) is 28.3. The lowest BCUT2D eigenvalue weighted by Crippen LogP contribution is -2.36. The van der Waals surface area contributed by atoms with Gasteiger partial charge in [-0.3, -0.25) is 4.90 Å². The van der Waals surface area contributed by atoms with Gasteiger partial charge in [-0.2, -0.15) is 0 Å². The maximum absolute atomic E-state index is 12.7. The van der Waals surface area contributed by atoms with Gasteiger partial charge in [0.15, 0.2) is 6.10 Å². The van der Waals surface area contributed by atoms with Gasteiger partial charge in [0.25, 0.3) is 0 Å². The molecule has 0 bridgehead atoms. The van der Waals surface area contributed by atoms with Crippen LogP contribution >= 0.6 is 0 Å². The summed E-state index contributed by atoms with van der Waals surface area (Å²) in [6.45, 7) is 17.9. The van der Waals surface area contributed by atoms with Crippen LogP contribution in [0.2, 0.25) is 0 Å². The van der Waals surface area contributed by atoms with Gasteiger partial charge < -0.3 is 19.5 Å². The molecule has 0 amide bonds. The Morgan fingerprint density at radius 3 is 2.25 bits per heavy atom. The fraction of sp³-hybridized carbons (Fsp3) is 0.441. The Hall–Kier alpha value is -3.19. The highest BCUT2D eigenvalue weighted by atomic mass is 16.5. The third-order valence-electron chi connectivity index (χ3n) is 8.07. The van der Waals surface area contributed by atoms with Gasteiger partial charge in [0.05, 0.1) is 18.8 Å². The van der Waals surface area contributed by atoms with Crippen molar-refractivity contribution in [2.75, 3.05) is 31.2 Å². The van der Waals surface area contributed by atoms with Crippen LogP contribution < -0.4 is 4.90 Å². The van der Waals surface area contributed by atoms with Gasteiger partial charge in [-0.05, 0) is 92.6 Å². The first-order chi connectivity index (χ1) is 19.0. The molecule has 6 nitrogen and oxygen atoms in total. The van der Waals surface area contributed by atoms with E-state index in [1.807, 2.05) is 20.8 Å². The van der Waals surface area contributed by atoms with Crippen molar-refractivity contribution in [3.63, 3.8) is 0 Å². The fourth-order valence-electron chi connectivity index (χ4n) is 6.14. The first-order valence-electron chi connectivity index (χ1n) is 14.3. The molecule has 3 aromatic rings. The van der Waals surface area contributed by atoms with Crippen molar-refractivity contribution in [3.05, 3.63) is 87.5 Å². The molecule has 212 valence electrons. The van der Waals surface area contributed by atoms with Crippen LogP contribution in [0, 0.1) is 20.8 Å². The van der Waals surface area contributed by atoms with Crippen LogP contribution in [0.1, 0.15) is 65.8 Å². The Kier molecular flexibility index (Phi) is 8.05. The number of carbonyl (C=O) groups is 1. The molecule has 1 atom stereocenters. The zero-order valence-corrected chi connectivity index (χ0v) is 24.7. The topological polar surface area (TPSA) is 62.2 Å². The van der Waals surface area contributed by atoms with Gasteiger partial charge in [0.2, 0.25) is 0 Å². The lowest BCUT2D eigenvalue weighted by Gasteiger charge is -2.30. The molecule has 6 heteroatoms. The van der Waals surface area contributed by atoms with E-state index in [1.165, 1.54) is 27.9 Å². The van der Waals surface area contributed by atoms with Crippen LogP contribution in [0.3, 0.4) is 0 Å². The number of anilines is 1. The average Bonchev–Trinajstić information content (AvgIpc) is 3.34. The monoisotopic (exact) mass is 542 g/mol. The SMILES string of the molecule is Cc1ccc(-c2c(C)c3c(c(C)c2[C@H](OC(C)(C)C)C(=O)O)CN(Cc2cccc(N4CCOCC4)c2)C3)cc1. The van der Waals surface area contributed by atoms with E-state index < -0.39 is 17.7 Å². The van der Waals surface area contributed by atoms with Crippen LogP contribution in [0.5, 0.6) is 0 Å². The number of aryl methyl sites for hydroxylation is 1. The van der Waals surface area contributed by atoms with E-state index in [1.54, 1.807) is 0 Å². The standard InChI is InChI=1S/C34H42N2O4/c1-22-10-12-26(13-11-22)30-23(2)28-20-35(19-25-8-7-9-27(18-25)36-14-16-39-17-15-36)21-29(28)24(3)31(30)32(33(37)38)40-34(4,5)6/h7-13,18,32H,14-17,19-21H2,1-6H3,(H,37,38)/t32-/m0/s1. The summed E-state index contributed by atoms with van der Waals surface area (Å²) < 4.78 is 11.8. The number of benzene rings is 3. The minimum absolute atomic E-state index is 0.607. The zero-order valence-electron chi connectivity index (χ0n) is 24.7. The van der Waals surface area contributed by atoms with Gasteiger partial charge in [-0.1, -0.05) is 42.0 Å². The highest BCUT2D eigenvalue weighted by Gasteiger charge is 2.35. The maximum Gasteiger partial charge on any atom is 0.337 e. The second-order valence-electron chi connectivity index (χ2n) is 12.2. The second-order valence-corrected chi connectivity index (χ2v) is 12.2. The molecule has 2 heterocycles. The Balaban J connectivity index is 1.53. The summed E-state index contributed by atoms with van der Waals surface area (Å²) >= 11 is 0. The number of carboxylic acids is 1. The van der Waals surface area contributed by atoms with Crippen LogP contribution in [0.15, 0.2) is 48.5 Å². The Morgan fingerprint density at radius 2 is 1.62 bits per heavy atom. The minimum Gasteiger partial charge on any atom is -0.479 e. The third-order valence-corrected chi connectivity index (χ3v) is 8.07. The fourth-order valence-corrected chi connectivity index (χ4v) is 6.14. The Labute approximate surface area is 238 Å². The number of fused-ring (bicyclic) bond motifs is 1. The zero-order chi connectivity index (χ0) is 28.6. The number of hydrogen-bond acceptors (Lipinski definition) is 5. The van der Waals surface area contributed by atoms with Crippen molar-refractivity contribution in [2.45, 2.75) is 72.9 Å². The predicted octanol–water partition coefficient (Wildman–Crippen LogP) is 6.57. The van der Waals surface area contributed by atoms with E-state index in [2.05, 4.69) is 79.1 Å². The predicted molar refractivity (Wildman–Crippen MR) is 160 cm³/mol. The van der Waals surface area contributed by atoms with Crippen LogP contribution in [-0.4, -0.2) is 47.9 Å². The van der Waals surface area contributed by atoms with Gasteiger partial charge in [0.1, 0.15) is 0 Å². The van der Waals surface area contributed by atoms with Crippen molar-refractivity contribution in [2.24, 2.45) is 0 Å². The smallest absolute Gasteiger partial charge is 0.337 e. The molecule has 1 N–H and O–H groups in total. The van der Waals surface area contributed by atoms with Crippen molar-refractivity contribution < 1.29 is 19.4 Å². The maximum atomic E-state index is 12.7. The summed E-state index contributed by atoms with van der Waals surface area (Å²) in [5, 5.41) is 10.4. The van der Waals surface area contributed by atoms with E-state index in [0.717, 1.165) is 73.8 Å². The van der Waals surface area contributed by atoms with Gasteiger partial charge in [-0.15, -0.1) is 0 Å². The van der Waals surface area contributed by atoms with Crippen molar-refractivity contribution >= 4 is 11.7 Å². The lowest BCUT2D eigenvalue weighted by molar-refractivity contribution is -0.160. The molecule has 0 radical (unpaired) electrons. The average molecular weight is 543 g/mol. The number of nitrogens with zero attached hydrogens (tertiary/aromatic N) is 2. The van der Waals surface area contributed by atoms with Gasteiger partial charge in [-0.25, -0.2) is 4.79 Å². The molecule has 1 fully saturated rings. The lowest BCUT2D eigenvalue weighted by atomic mass is 9.83.